The van der Waals surface area contributed by atoms with Gasteiger partial charge in [0.25, 0.3) is 0 Å². The molecule has 4 aromatic rings. The van der Waals surface area contributed by atoms with Gasteiger partial charge < -0.3 is 14.8 Å². The number of aromatic amines is 1. The Kier molecular flexibility index (Phi) is 5.15. The van der Waals surface area contributed by atoms with E-state index in [0.717, 1.165) is 16.5 Å². The number of ketones is 1. The highest BCUT2D eigenvalue weighted by atomic mass is 35.5. The maximum absolute atomic E-state index is 12.6. The zero-order valence-electron chi connectivity index (χ0n) is 14.9. The van der Waals surface area contributed by atoms with Crippen molar-refractivity contribution < 1.29 is 14.6 Å². The van der Waals surface area contributed by atoms with Gasteiger partial charge in [-0.15, -0.1) is 0 Å². The highest BCUT2D eigenvalue weighted by Gasteiger charge is 2.18. The van der Waals surface area contributed by atoms with Crippen LogP contribution >= 0.6 is 11.6 Å². The molecule has 4 nitrogen and oxygen atoms in total. The van der Waals surface area contributed by atoms with Crippen LogP contribution in [0, 0.1) is 0 Å². The topological polar surface area (TPSA) is 62.3 Å². The summed E-state index contributed by atoms with van der Waals surface area (Å²) >= 11 is 6.11. The van der Waals surface area contributed by atoms with Crippen LogP contribution in [0.15, 0.2) is 78.9 Å². The molecule has 3 aromatic carbocycles. The fourth-order valence-corrected chi connectivity index (χ4v) is 3.30. The third-order valence-corrected chi connectivity index (χ3v) is 4.81. The fourth-order valence-electron chi connectivity index (χ4n) is 3.12. The van der Waals surface area contributed by atoms with Crippen molar-refractivity contribution in [3.8, 4) is 5.75 Å². The fraction of sp³-hybridized carbons (Fsp3) is 0.0870. The molecular weight excluding hydrogens is 374 g/mol. The van der Waals surface area contributed by atoms with E-state index in [0.29, 0.717) is 22.0 Å². The summed E-state index contributed by atoms with van der Waals surface area (Å²) in [6.45, 7) is -0.150. The first-order valence-corrected chi connectivity index (χ1v) is 9.26. The number of Topliss-reactive ketones (excluding diaryl/α,β-unsaturated/α-hetero) is 1. The number of rotatable bonds is 6. The second kappa shape index (κ2) is 7.89. The number of benzene rings is 3. The highest BCUT2D eigenvalue weighted by Crippen LogP contribution is 2.32. The minimum absolute atomic E-state index is 0.150. The Morgan fingerprint density at radius 1 is 1.00 bits per heavy atom. The number of halogens is 1. The van der Waals surface area contributed by atoms with Gasteiger partial charge in [-0.2, -0.15) is 0 Å². The van der Waals surface area contributed by atoms with Crippen molar-refractivity contribution in [2.45, 2.75) is 6.10 Å². The van der Waals surface area contributed by atoms with Crippen molar-refractivity contribution in [3.63, 3.8) is 0 Å². The number of hydrogen-bond donors (Lipinski definition) is 2. The first-order chi connectivity index (χ1) is 13.6. The molecule has 0 aliphatic carbocycles. The Morgan fingerprint density at radius 2 is 1.75 bits per heavy atom. The van der Waals surface area contributed by atoms with E-state index in [9.17, 15) is 9.90 Å². The second-order valence-electron chi connectivity index (χ2n) is 6.48. The van der Waals surface area contributed by atoms with Gasteiger partial charge in [0.2, 0.25) is 5.78 Å². The number of ether oxygens (including phenoxy) is 1. The van der Waals surface area contributed by atoms with Gasteiger partial charge >= 0.3 is 0 Å². The third-order valence-electron chi connectivity index (χ3n) is 4.57. The van der Waals surface area contributed by atoms with Crippen molar-refractivity contribution in [3.05, 3.63) is 101 Å². The van der Waals surface area contributed by atoms with Gasteiger partial charge in [-0.05, 0) is 35.9 Å². The number of H-pyrrole nitrogens is 1. The van der Waals surface area contributed by atoms with E-state index in [1.165, 1.54) is 0 Å². The molecular formula is C23H18ClNO3. The van der Waals surface area contributed by atoms with Crippen LogP contribution in [0.1, 0.15) is 27.7 Å². The molecule has 1 aromatic heterocycles. The summed E-state index contributed by atoms with van der Waals surface area (Å²) in [4.78, 5) is 15.7. The van der Waals surface area contributed by atoms with Gasteiger partial charge in [0.15, 0.2) is 6.61 Å². The summed E-state index contributed by atoms with van der Waals surface area (Å²) in [5, 5.41) is 12.2. The van der Waals surface area contributed by atoms with Crippen molar-refractivity contribution in [2.75, 3.05) is 6.61 Å². The minimum atomic E-state index is -0.905. The summed E-state index contributed by atoms with van der Waals surface area (Å²) < 4.78 is 5.76. The monoisotopic (exact) mass is 391 g/mol. The third kappa shape index (κ3) is 3.79. The van der Waals surface area contributed by atoms with Crippen LogP contribution < -0.4 is 4.74 Å². The summed E-state index contributed by atoms with van der Waals surface area (Å²) in [5.41, 5.74) is 2.62. The zero-order valence-corrected chi connectivity index (χ0v) is 15.7. The Morgan fingerprint density at radius 3 is 2.54 bits per heavy atom. The van der Waals surface area contributed by atoms with Crippen LogP contribution in [0.5, 0.6) is 5.75 Å². The maximum Gasteiger partial charge on any atom is 0.216 e. The van der Waals surface area contributed by atoms with Gasteiger partial charge in [-0.3, -0.25) is 4.79 Å². The van der Waals surface area contributed by atoms with Crippen molar-refractivity contribution in [1.29, 1.82) is 0 Å². The zero-order chi connectivity index (χ0) is 19.5. The number of fused-ring (bicyclic) bond motifs is 1. The number of carbonyl (C=O) groups is 1. The van der Waals surface area contributed by atoms with Gasteiger partial charge in [0.1, 0.15) is 11.9 Å². The highest BCUT2D eigenvalue weighted by molar-refractivity contribution is 6.30. The molecule has 0 saturated carbocycles. The van der Waals surface area contributed by atoms with Crippen LogP contribution in [-0.2, 0) is 0 Å². The molecule has 4 rings (SSSR count). The van der Waals surface area contributed by atoms with E-state index < -0.39 is 6.10 Å². The first kappa shape index (κ1) is 18.3. The molecule has 0 fully saturated rings. The van der Waals surface area contributed by atoms with Crippen LogP contribution in [-0.4, -0.2) is 22.5 Å². The van der Waals surface area contributed by atoms with E-state index in [1.54, 1.807) is 18.2 Å². The lowest BCUT2D eigenvalue weighted by Crippen LogP contribution is -2.13. The normalized spacial score (nSPS) is 12.1. The lowest BCUT2D eigenvalue weighted by atomic mass is 10.0. The predicted octanol–water partition coefficient (Wildman–Crippen LogP) is 5.16. The Bertz CT molecular complexity index is 1090. The average Bonchev–Trinajstić information content (AvgIpc) is 3.17. The molecule has 0 saturated heterocycles. The van der Waals surface area contributed by atoms with E-state index in [4.69, 9.17) is 16.3 Å². The van der Waals surface area contributed by atoms with Crippen molar-refractivity contribution >= 4 is 28.3 Å². The minimum Gasteiger partial charge on any atom is -0.485 e. The average molecular weight is 392 g/mol. The summed E-state index contributed by atoms with van der Waals surface area (Å²) in [7, 11) is 0. The largest absolute Gasteiger partial charge is 0.485 e. The molecule has 1 unspecified atom stereocenters. The van der Waals surface area contributed by atoms with E-state index >= 15 is 0 Å². The Labute approximate surface area is 167 Å². The summed E-state index contributed by atoms with van der Waals surface area (Å²) in [5.74, 6) is 0.247. The van der Waals surface area contributed by atoms with E-state index in [1.807, 2.05) is 60.7 Å². The Hall–Kier alpha value is -3.08. The van der Waals surface area contributed by atoms with Crippen molar-refractivity contribution in [1.82, 2.24) is 4.98 Å². The molecule has 0 spiro atoms. The van der Waals surface area contributed by atoms with Crippen molar-refractivity contribution in [2.24, 2.45) is 0 Å². The number of aliphatic hydroxyl groups excluding tert-OH is 1. The standard InChI is InChI=1S/C23H18ClNO3/c24-17-10-11-22(18(13-17)23(27)15-6-2-1-3-7-15)28-14-21(26)20-12-16-8-4-5-9-19(16)25-20/h1-13,23,25,27H,14H2. The summed E-state index contributed by atoms with van der Waals surface area (Å²) in [6.07, 6.45) is -0.905. The molecule has 0 aliphatic heterocycles. The lowest BCUT2D eigenvalue weighted by Gasteiger charge is -2.16. The first-order valence-electron chi connectivity index (χ1n) is 8.88. The van der Waals surface area contributed by atoms with Crippen LogP contribution in [0.25, 0.3) is 10.9 Å². The lowest BCUT2D eigenvalue weighted by molar-refractivity contribution is 0.0914. The second-order valence-corrected chi connectivity index (χ2v) is 6.91. The van der Waals surface area contributed by atoms with Gasteiger partial charge in [-0.25, -0.2) is 0 Å². The molecule has 1 atom stereocenters. The molecule has 1 heterocycles. The number of carbonyl (C=O) groups excluding carboxylic acids is 1. The molecule has 0 aliphatic rings. The van der Waals surface area contributed by atoms with Crippen LogP contribution in [0.3, 0.4) is 0 Å². The Balaban J connectivity index is 1.55. The number of aromatic nitrogens is 1. The van der Waals surface area contributed by atoms with Crippen LogP contribution in [0.4, 0.5) is 0 Å². The van der Waals surface area contributed by atoms with Gasteiger partial charge in [0.05, 0.1) is 5.69 Å². The van der Waals surface area contributed by atoms with Crippen LogP contribution in [0.2, 0.25) is 5.02 Å². The quantitative estimate of drug-likeness (QED) is 0.446. The van der Waals surface area contributed by atoms with Gasteiger partial charge in [0, 0.05) is 21.5 Å². The maximum atomic E-state index is 12.6. The number of nitrogens with one attached hydrogen (secondary N) is 1. The smallest absolute Gasteiger partial charge is 0.216 e. The molecule has 0 amide bonds. The molecule has 2 N–H and O–H groups in total. The SMILES string of the molecule is O=C(COc1ccc(Cl)cc1C(O)c1ccccc1)c1cc2ccccc2[nH]1. The number of aliphatic hydroxyl groups is 1. The molecule has 140 valence electrons. The van der Waals surface area contributed by atoms with E-state index in [2.05, 4.69) is 4.98 Å². The number of hydrogen-bond acceptors (Lipinski definition) is 3. The molecule has 28 heavy (non-hydrogen) atoms. The molecule has 0 radical (unpaired) electrons. The molecule has 0 bridgehead atoms. The van der Waals surface area contributed by atoms with Gasteiger partial charge in [-0.1, -0.05) is 60.1 Å². The number of para-hydroxylation sites is 1. The molecule has 5 heteroatoms. The predicted molar refractivity (Wildman–Crippen MR) is 110 cm³/mol. The summed E-state index contributed by atoms with van der Waals surface area (Å²) in [6, 6.07) is 23.7. The van der Waals surface area contributed by atoms with E-state index in [-0.39, 0.29) is 12.4 Å².